The molecule has 0 radical (unpaired) electrons. The minimum absolute atomic E-state index is 0.0746. The second kappa shape index (κ2) is 8.93. The van der Waals surface area contributed by atoms with Crippen molar-refractivity contribution in [3.8, 4) is 34.6 Å². The standard InChI is InChI=1S/C22H22N4O3/c1-14(2)29-21-15(13-23)6-5-7-17(21)18-10-11-24-22(26-18)25-16-8-9-19(27-3)20(12-16)28-4/h5-12,14H,1-4H3,(H,24,25,26). The van der Waals surface area contributed by atoms with Crippen LogP contribution < -0.4 is 19.5 Å². The Bertz CT molecular complexity index is 1040. The fourth-order valence-corrected chi connectivity index (χ4v) is 2.80. The van der Waals surface area contributed by atoms with Gasteiger partial charge < -0.3 is 19.5 Å². The highest BCUT2D eigenvalue weighted by Gasteiger charge is 2.15. The quantitative estimate of drug-likeness (QED) is 0.632. The molecule has 0 bridgehead atoms. The summed E-state index contributed by atoms with van der Waals surface area (Å²) in [6.45, 7) is 3.84. The van der Waals surface area contributed by atoms with Crippen molar-refractivity contribution in [2.75, 3.05) is 19.5 Å². The molecule has 148 valence electrons. The first kappa shape index (κ1) is 20.0. The van der Waals surface area contributed by atoms with Gasteiger partial charge in [-0.15, -0.1) is 0 Å². The van der Waals surface area contributed by atoms with Gasteiger partial charge in [-0.2, -0.15) is 5.26 Å². The van der Waals surface area contributed by atoms with E-state index in [2.05, 4.69) is 21.4 Å². The SMILES string of the molecule is COc1ccc(Nc2nccc(-c3cccc(C#N)c3OC(C)C)n2)cc1OC. The Balaban J connectivity index is 1.96. The Labute approximate surface area is 169 Å². The van der Waals surface area contributed by atoms with Gasteiger partial charge in [-0.05, 0) is 44.2 Å². The number of hydrogen-bond acceptors (Lipinski definition) is 7. The van der Waals surface area contributed by atoms with E-state index >= 15 is 0 Å². The molecule has 0 saturated heterocycles. The van der Waals surface area contributed by atoms with E-state index in [1.54, 1.807) is 44.7 Å². The Hall–Kier alpha value is -3.79. The van der Waals surface area contributed by atoms with Crippen molar-refractivity contribution in [2.24, 2.45) is 0 Å². The number of ether oxygens (including phenoxy) is 3. The first-order chi connectivity index (χ1) is 14.0. The molecule has 0 aliphatic carbocycles. The summed E-state index contributed by atoms with van der Waals surface area (Å²) in [6, 6.07) is 14.8. The van der Waals surface area contributed by atoms with Crippen molar-refractivity contribution in [3.05, 3.63) is 54.2 Å². The van der Waals surface area contributed by atoms with Gasteiger partial charge in [0.2, 0.25) is 5.95 Å². The van der Waals surface area contributed by atoms with E-state index in [9.17, 15) is 5.26 Å². The van der Waals surface area contributed by atoms with Crippen LogP contribution in [0.1, 0.15) is 19.4 Å². The van der Waals surface area contributed by atoms with Crippen LogP contribution in [-0.4, -0.2) is 30.3 Å². The van der Waals surface area contributed by atoms with Gasteiger partial charge in [-0.1, -0.05) is 6.07 Å². The molecule has 1 aromatic heterocycles. The molecule has 0 fully saturated rings. The normalized spacial score (nSPS) is 10.3. The summed E-state index contributed by atoms with van der Waals surface area (Å²) in [4.78, 5) is 8.89. The fourth-order valence-electron chi connectivity index (χ4n) is 2.80. The Morgan fingerprint density at radius 3 is 2.52 bits per heavy atom. The molecule has 3 aromatic rings. The summed E-state index contributed by atoms with van der Waals surface area (Å²) in [6.07, 6.45) is 1.58. The Morgan fingerprint density at radius 1 is 1.03 bits per heavy atom. The monoisotopic (exact) mass is 390 g/mol. The largest absolute Gasteiger partial charge is 0.493 e. The number of aromatic nitrogens is 2. The van der Waals surface area contributed by atoms with Crippen LogP contribution in [0, 0.1) is 11.3 Å². The van der Waals surface area contributed by atoms with E-state index in [-0.39, 0.29) is 6.10 Å². The summed E-state index contributed by atoms with van der Waals surface area (Å²) < 4.78 is 16.5. The molecule has 3 rings (SSSR count). The lowest BCUT2D eigenvalue weighted by atomic mass is 10.1. The summed E-state index contributed by atoms with van der Waals surface area (Å²) in [5.41, 5.74) is 2.60. The zero-order valence-electron chi connectivity index (χ0n) is 16.8. The van der Waals surface area contributed by atoms with Crippen molar-refractivity contribution >= 4 is 11.6 Å². The maximum atomic E-state index is 9.45. The minimum atomic E-state index is -0.0746. The lowest BCUT2D eigenvalue weighted by molar-refractivity contribution is 0.243. The van der Waals surface area contributed by atoms with Gasteiger partial charge in [0.15, 0.2) is 11.5 Å². The smallest absolute Gasteiger partial charge is 0.227 e. The van der Waals surface area contributed by atoms with Crippen LogP contribution in [0.15, 0.2) is 48.7 Å². The minimum Gasteiger partial charge on any atom is -0.493 e. The van der Waals surface area contributed by atoms with Crippen LogP contribution in [0.25, 0.3) is 11.3 Å². The molecule has 2 aromatic carbocycles. The predicted molar refractivity (Wildman–Crippen MR) is 111 cm³/mol. The highest BCUT2D eigenvalue weighted by molar-refractivity contribution is 5.72. The molecule has 0 saturated carbocycles. The number of benzene rings is 2. The van der Waals surface area contributed by atoms with Gasteiger partial charge in [0, 0.05) is 23.5 Å². The van der Waals surface area contributed by atoms with Crippen LogP contribution in [0.4, 0.5) is 11.6 Å². The van der Waals surface area contributed by atoms with E-state index < -0.39 is 0 Å². The van der Waals surface area contributed by atoms with E-state index in [1.165, 1.54) is 0 Å². The third-order valence-electron chi connectivity index (χ3n) is 4.06. The number of rotatable bonds is 7. The fraction of sp³-hybridized carbons (Fsp3) is 0.227. The van der Waals surface area contributed by atoms with Gasteiger partial charge in [0.25, 0.3) is 0 Å². The van der Waals surface area contributed by atoms with E-state index in [0.29, 0.717) is 34.5 Å². The summed E-state index contributed by atoms with van der Waals surface area (Å²) in [5.74, 6) is 2.16. The van der Waals surface area contributed by atoms with Crippen LogP contribution in [0.3, 0.4) is 0 Å². The van der Waals surface area contributed by atoms with Crippen LogP contribution in [0.2, 0.25) is 0 Å². The lowest BCUT2D eigenvalue weighted by Gasteiger charge is -2.16. The first-order valence-electron chi connectivity index (χ1n) is 9.08. The molecule has 7 heteroatoms. The molecule has 0 amide bonds. The first-order valence-corrected chi connectivity index (χ1v) is 9.08. The second-order valence-corrected chi connectivity index (χ2v) is 6.42. The third kappa shape index (κ3) is 4.55. The average molecular weight is 390 g/mol. The number of hydrogen-bond donors (Lipinski definition) is 1. The van der Waals surface area contributed by atoms with Gasteiger partial charge in [0.05, 0.1) is 31.6 Å². The van der Waals surface area contributed by atoms with Crippen molar-refractivity contribution < 1.29 is 14.2 Å². The highest BCUT2D eigenvalue weighted by atomic mass is 16.5. The van der Waals surface area contributed by atoms with Crippen molar-refractivity contribution in [1.29, 1.82) is 5.26 Å². The van der Waals surface area contributed by atoms with E-state index in [1.807, 2.05) is 32.0 Å². The molecule has 29 heavy (non-hydrogen) atoms. The van der Waals surface area contributed by atoms with Crippen molar-refractivity contribution in [1.82, 2.24) is 9.97 Å². The Kier molecular flexibility index (Phi) is 6.15. The molecule has 7 nitrogen and oxygen atoms in total. The van der Waals surface area contributed by atoms with Crippen molar-refractivity contribution in [3.63, 3.8) is 0 Å². The zero-order valence-corrected chi connectivity index (χ0v) is 16.8. The van der Waals surface area contributed by atoms with Gasteiger partial charge in [-0.3, -0.25) is 0 Å². The van der Waals surface area contributed by atoms with Crippen LogP contribution >= 0.6 is 0 Å². The molecular weight excluding hydrogens is 368 g/mol. The van der Waals surface area contributed by atoms with E-state index in [4.69, 9.17) is 14.2 Å². The number of para-hydroxylation sites is 1. The van der Waals surface area contributed by atoms with Gasteiger partial charge in [-0.25, -0.2) is 9.97 Å². The number of anilines is 2. The number of methoxy groups -OCH3 is 2. The Morgan fingerprint density at radius 2 is 1.83 bits per heavy atom. The molecule has 0 unspecified atom stereocenters. The lowest BCUT2D eigenvalue weighted by Crippen LogP contribution is -2.08. The molecule has 0 spiro atoms. The number of nitrogens with one attached hydrogen (secondary N) is 1. The average Bonchev–Trinajstić information content (AvgIpc) is 2.73. The third-order valence-corrected chi connectivity index (χ3v) is 4.06. The number of nitrogens with zero attached hydrogens (tertiary/aromatic N) is 3. The second-order valence-electron chi connectivity index (χ2n) is 6.42. The zero-order chi connectivity index (χ0) is 20.8. The molecule has 0 aliphatic heterocycles. The maximum absolute atomic E-state index is 9.45. The summed E-state index contributed by atoms with van der Waals surface area (Å²) in [7, 11) is 3.17. The van der Waals surface area contributed by atoms with Crippen LogP contribution in [0.5, 0.6) is 17.2 Å². The van der Waals surface area contributed by atoms with E-state index in [0.717, 1.165) is 11.3 Å². The molecule has 0 atom stereocenters. The summed E-state index contributed by atoms with van der Waals surface area (Å²) in [5, 5.41) is 12.6. The van der Waals surface area contributed by atoms with Crippen LogP contribution in [-0.2, 0) is 0 Å². The number of nitriles is 1. The topological polar surface area (TPSA) is 89.3 Å². The molecule has 0 aliphatic rings. The molecular formula is C22H22N4O3. The highest BCUT2D eigenvalue weighted by Crippen LogP contribution is 2.34. The van der Waals surface area contributed by atoms with Crippen molar-refractivity contribution in [2.45, 2.75) is 20.0 Å². The maximum Gasteiger partial charge on any atom is 0.227 e. The van der Waals surface area contributed by atoms with Gasteiger partial charge in [0.1, 0.15) is 11.8 Å². The molecule has 1 N–H and O–H groups in total. The predicted octanol–water partition coefficient (Wildman–Crippen LogP) is 4.56. The van der Waals surface area contributed by atoms with Gasteiger partial charge >= 0.3 is 0 Å². The summed E-state index contributed by atoms with van der Waals surface area (Å²) >= 11 is 0. The molecule has 1 heterocycles.